The smallest absolute Gasteiger partial charge is 0.337 e. The maximum absolute atomic E-state index is 10.7. The van der Waals surface area contributed by atoms with Gasteiger partial charge in [-0.05, 0) is 25.0 Å². The Labute approximate surface area is 111 Å². The lowest BCUT2D eigenvalue weighted by atomic mass is 9.91. The third-order valence-electron chi connectivity index (χ3n) is 3.47. The molecular weight excluding hydrogens is 248 g/mol. The SMILES string of the molecule is O=C(O)c1ccc(CNC2(CO)CCOCC2)nc1. The Bertz CT molecular complexity index is 427. The van der Waals surface area contributed by atoms with Crippen LogP contribution in [-0.2, 0) is 11.3 Å². The van der Waals surface area contributed by atoms with Crippen LogP contribution in [0.4, 0.5) is 0 Å². The summed E-state index contributed by atoms with van der Waals surface area (Å²) in [5.74, 6) is -0.983. The highest BCUT2D eigenvalue weighted by molar-refractivity contribution is 5.87. The molecule has 2 rings (SSSR count). The highest BCUT2D eigenvalue weighted by Gasteiger charge is 2.31. The topological polar surface area (TPSA) is 91.7 Å². The summed E-state index contributed by atoms with van der Waals surface area (Å²) in [7, 11) is 0. The van der Waals surface area contributed by atoms with Gasteiger partial charge in [-0.2, -0.15) is 0 Å². The number of rotatable bonds is 5. The van der Waals surface area contributed by atoms with E-state index in [9.17, 15) is 9.90 Å². The standard InChI is InChI=1S/C13H18N2O4/c16-9-13(3-5-19-6-4-13)15-8-11-2-1-10(7-14-11)12(17)18/h1-2,7,15-16H,3-6,8-9H2,(H,17,18). The van der Waals surface area contributed by atoms with E-state index in [0.717, 1.165) is 18.5 Å². The lowest BCUT2D eigenvalue weighted by Crippen LogP contribution is -2.51. The van der Waals surface area contributed by atoms with Crippen molar-refractivity contribution in [2.24, 2.45) is 0 Å². The number of carboxylic acids is 1. The van der Waals surface area contributed by atoms with E-state index >= 15 is 0 Å². The third kappa shape index (κ3) is 3.50. The van der Waals surface area contributed by atoms with Crippen LogP contribution in [0.5, 0.6) is 0 Å². The van der Waals surface area contributed by atoms with Gasteiger partial charge >= 0.3 is 5.97 Å². The van der Waals surface area contributed by atoms with Crippen LogP contribution in [0.25, 0.3) is 0 Å². The number of aromatic carboxylic acids is 1. The summed E-state index contributed by atoms with van der Waals surface area (Å²) in [6.07, 6.45) is 2.86. The molecule has 1 aliphatic heterocycles. The highest BCUT2D eigenvalue weighted by Crippen LogP contribution is 2.20. The minimum Gasteiger partial charge on any atom is -0.478 e. The summed E-state index contributed by atoms with van der Waals surface area (Å²) in [6, 6.07) is 3.21. The second-order valence-electron chi connectivity index (χ2n) is 4.75. The van der Waals surface area contributed by atoms with E-state index in [1.165, 1.54) is 12.3 Å². The maximum atomic E-state index is 10.7. The van der Waals surface area contributed by atoms with Crippen LogP contribution in [0.3, 0.4) is 0 Å². The van der Waals surface area contributed by atoms with Crippen LogP contribution < -0.4 is 5.32 Å². The fraction of sp³-hybridized carbons (Fsp3) is 0.538. The van der Waals surface area contributed by atoms with Gasteiger partial charge in [-0.1, -0.05) is 0 Å². The highest BCUT2D eigenvalue weighted by atomic mass is 16.5. The molecule has 0 atom stereocenters. The van der Waals surface area contributed by atoms with Gasteiger partial charge in [0.05, 0.1) is 17.9 Å². The lowest BCUT2D eigenvalue weighted by Gasteiger charge is -2.36. The summed E-state index contributed by atoms with van der Waals surface area (Å²) in [6.45, 7) is 1.84. The van der Waals surface area contributed by atoms with Gasteiger partial charge in [-0.15, -0.1) is 0 Å². The van der Waals surface area contributed by atoms with Crippen LogP contribution in [0.15, 0.2) is 18.3 Å². The molecule has 0 aliphatic carbocycles. The molecule has 1 saturated heterocycles. The molecule has 0 saturated carbocycles. The van der Waals surface area contributed by atoms with Crippen molar-refractivity contribution in [3.63, 3.8) is 0 Å². The molecular formula is C13H18N2O4. The second-order valence-corrected chi connectivity index (χ2v) is 4.75. The van der Waals surface area contributed by atoms with Gasteiger partial charge in [-0.25, -0.2) is 4.79 Å². The van der Waals surface area contributed by atoms with Gasteiger partial charge in [0.25, 0.3) is 0 Å². The van der Waals surface area contributed by atoms with Crippen LogP contribution in [0.1, 0.15) is 28.9 Å². The normalized spacial score (nSPS) is 18.2. The summed E-state index contributed by atoms with van der Waals surface area (Å²) in [5, 5.41) is 21.6. The van der Waals surface area contributed by atoms with Crippen molar-refractivity contribution in [3.05, 3.63) is 29.6 Å². The number of hydrogen-bond acceptors (Lipinski definition) is 5. The molecule has 2 heterocycles. The van der Waals surface area contributed by atoms with Crippen molar-refractivity contribution in [1.82, 2.24) is 10.3 Å². The molecule has 19 heavy (non-hydrogen) atoms. The fourth-order valence-corrected chi connectivity index (χ4v) is 2.09. The summed E-state index contributed by atoms with van der Waals surface area (Å²) in [5.41, 5.74) is 0.613. The molecule has 1 aromatic heterocycles. The monoisotopic (exact) mass is 266 g/mol. The Hall–Kier alpha value is -1.50. The van der Waals surface area contributed by atoms with Crippen LogP contribution in [-0.4, -0.2) is 46.5 Å². The average Bonchev–Trinajstić information content (AvgIpc) is 2.46. The predicted octanol–water partition coefficient (Wildman–Crippen LogP) is 0.411. The van der Waals surface area contributed by atoms with Gasteiger partial charge in [0, 0.05) is 31.5 Å². The van der Waals surface area contributed by atoms with E-state index in [-0.39, 0.29) is 17.7 Å². The Morgan fingerprint density at radius 2 is 2.16 bits per heavy atom. The zero-order valence-electron chi connectivity index (χ0n) is 10.6. The number of nitrogens with zero attached hydrogens (tertiary/aromatic N) is 1. The minimum absolute atomic E-state index is 0.0591. The molecule has 0 spiro atoms. The van der Waals surface area contributed by atoms with Gasteiger partial charge < -0.3 is 20.3 Å². The first-order valence-corrected chi connectivity index (χ1v) is 6.27. The van der Waals surface area contributed by atoms with Crippen molar-refractivity contribution < 1.29 is 19.7 Å². The van der Waals surface area contributed by atoms with Gasteiger partial charge in [0.2, 0.25) is 0 Å². The molecule has 1 aromatic rings. The van der Waals surface area contributed by atoms with Gasteiger partial charge in [0.15, 0.2) is 0 Å². The van der Waals surface area contributed by atoms with Crippen LogP contribution in [0, 0.1) is 0 Å². The Morgan fingerprint density at radius 3 is 2.68 bits per heavy atom. The Kier molecular flexibility index (Phi) is 4.47. The first kappa shape index (κ1) is 13.9. The fourth-order valence-electron chi connectivity index (χ4n) is 2.09. The van der Waals surface area contributed by atoms with E-state index in [1.54, 1.807) is 6.07 Å². The summed E-state index contributed by atoms with van der Waals surface area (Å²) >= 11 is 0. The van der Waals surface area contributed by atoms with E-state index in [2.05, 4.69) is 10.3 Å². The predicted molar refractivity (Wildman–Crippen MR) is 67.9 cm³/mol. The van der Waals surface area contributed by atoms with Crippen LogP contribution in [0.2, 0.25) is 0 Å². The molecule has 0 bridgehead atoms. The first-order valence-electron chi connectivity index (χ1n) is 6.27. The molecule has 6 nitrogen and oxygen atoms in total. The number of pyridine rings is 1. The lowest BCUT2D eigenvalue weighted by molar-refractivity contribution is 0.0110. The number of carbonyl (C=O) groups is 1. The van der Waals surface area contributed by atoms with Crippen LogP contribution >= 0.6 is 0 Å². The average molecular weight is 266 g/mol. The largest absolute Gasteiger partial charge is 0.478 e. The number of ether oxygens (including phenoxy) is 1. The molecule has 1 fully saturated rings. The van der Waals surface area contributed by atoms with E-state index < -0.39 is 5.97 Å². The number of aromatic nitrogens is 1. The second kappa shape index (κ2) is 6.10. The van der Waals surface area contributed by atoms with E-state index in [1.807, 2.05) is 0 Å². The van der Waals surface area contributed by atoms with Crippen molar-refractivity contribution in [3.8, 4) is 0 Å². The zero-order valence-corrected chi connectivity index (χ0v) is 10.6. The number of aliphatic hydroxyl groups is 1. The van der Waals surface area contributed by atoms with E-state index in [0.29, 0.717) is 19.8 Å². The zero-order chi connectivity index (χ0) is 13.7. The summed E-state index contributed by atoms with van der Waals surface area (Å²) < 4.78 is 5.29. The maximum Gasteiger partial charge on any atom is 0.337 e. The number of carboxylic acid groups (broad SMARTS) is 1. The number of aliphatic hydroxyl groups excluding tert-OH is 1. The first-order chi connectivity index (χ1) is 9.15. The van der Waals surface area contributed by atoms with Crippen molar-refractivity contribution in [2.45, 2.75) is 24.9 Å². The van der Waals surface area contributed by atoms with Crippen molar-refractivity contribution in [2.75, 3.05) is 19.8 Å². The molecule has 0 amide bonds. The van der Waals surface area contributed by atoms with Crippen molar-refractivity contribution >= 4 is 5.97 Å². The molecule has 1 aliphatic rings. The van der Waals surface area contributed by atoms with Crippen molar-refractivity contribution in [1.29, 1.82) is 0 Å². The molecule has 0 unspecified atom stereocenters. The number of nitrogens with one attached hydrogen (secondary N) is 1. The Morgan fingerprint density at radius 1 is 1.42 bits per heavy atom. The Balaban J connectivity index is 1.95. The molecule has 0 aromatic carbocycles. The van der Waals surface area contributed by atoms with Gasteiger partial charge in [-0.3, -0.25) is 4.98 Å². The minimum atomic E-state index is -0.983. The quantitative estimate of drug-likeness (QED) is 0.715. The number of hydrogen-bond donors (Lipinski definition) is 3. The molecule has 6 heteroatoms. The van der Waals surface area contributed by atoms with Gasteiger partial charge in [0.1, 0.15) is 0 Å². The van der Waals surface area contributed by atoms with E-state index in [4.69, 9.17) is 9.84 Å². The molecule has 3 N–H and O–H groups in total. The third-order valence-corrected chi connectivity index (χ3v) is 3.47. The molecule has 0 radical (unpaired) electrons. The summed E-state index contributed by atoms with van der Waals surface area (Å²) in [4.78, 5) is 14.8. The molecule has 104 valence electrons.